The Morgan fingerprint density at radius 1 is 1.25 bits per heavy atom. The molecule has 3 nitrogen and oxygen atoms in total. The van der Waals surface area contributed by atoms with Gasteiger partial charge in [0.25, 0.3) is 0 Å². The normalized spacial score (nSPS) is 37.4. The Bertz CT molecular complexity index is 177. The van der Waals surface area contributed by atoms with Crippen molar-refractivity contribution in [3.8, 4) is 0 Å². The molecule has 0 aliphatic carbocycles. The van der Waals surface area contributed by atoms with Gasteiger partial charge in [-0.2, -0.15) is 0 Å². The highest BCUT2D eigenvalue weighted by Crippen LogP contribution is 2.36. The van der Waals surface area contributed by atoms with E-state index in [0.29, 0.717) is 17.8 Å². The van der Waals surface area contributed by atoms with Crippen molar-refractivity contribution in [3.05, 3.63) is 0 Å². The summed E-state index contributed by atoms with van der Waals surface area (Å²) in [7, 11) is 0. The molecular weight excluding hydrogens is 174 g/mol. The van der Waals surface area contributed by atoms with Gasteiger partial charge >= 0.3 is 0 Å². The van der Waals surface area contributed by atoms with Crippen LogP contribution >= 0.6 is 0 Å². The van der Waals surface area contributed by atoms with Crippen LogP contribution in [-0.4, -0.2) is 38.0 Å². The molecule has 0 aromatic carbocycles. The van der Waals surface area contributed by atoms with Crippen molar-refractivity contribution in [2.45, 2.75) is 37.8 Å². The molecule has 1 atom stereocenters. The Labute approximate surface area is 75.4 Å². The second-order valence-electron chi connectivity index (χ2n) is 3.71. The van der Waals surface area contributed by atoms with Crippen LogP contribution in [0.3, 0.4) is 0 Å². The largest absolute Gasteiger partial charge is 0.772 e. The first-order chi connectivity index (χ1) is 5.77. The number of hydrogen-bond donors (Lipinski definition) is 0. The summed E-state index contributed by atoms with van der Waals surface area (Å²) in [6.07, 6.45) is 5.15. The lowest BCUT2D eigenvalue weighted by Gasteiger charge is -2.21. The lowest BCUT2D eigenvalue weighted by molar-refractivity contribution is 0.267. The zero-order chi connectivity index (χ0) is 8.55. The monoisotopic (exact) mass is 188 g/mol. The average molecular weight is 188 g/mol. The standard InChI is InChI=1S/C8H15NO2S/c10-12(11)6-5-9-7-1-2-8(9)4-3-7/h7-8H,1-6H2,(H,10,11)/p-1. The van der Waals surface area contributed by atoms with E-state index in [-0.39, 0.29) is 0 Å². The van der Waals surface area contributed by atoms with Crippen molar-refractivity contribution in [3.63, 3.8) is 0 Å². The van der Waals surface area contributed by atoms with Crippen LogP contribution < -0.4 is 0 Å². The van der Waals surface area contributed by atoms with Crippen molar-refractivity contribution in [2.24, 2.45) is 0 Å². The fourth-order valence-corrected chi connectivity index (χ4v) is 2.92. The van der Waals surface area contributed by atoms with Gasteiger partial charge in [0.1, 0.15) is 0 Å². The van der Waals surface area contributed by atoms with Crippen LogP contribution in [0.5, 0.6) is 0 Å². The maximum absolute atomic E-state index is 10.4. The number of hydrogen-bond acceptors (Lipinski definition) is 3. The van der Waals surface area contributed by atoms with Gasteiger partial charge in [0.05, 0.1) is 0 Å². The molecule has 2 aliphatic rings. The highest BCUT2D eigenvalue weighted by molar-refractivity contribution is 7.79. The summed E-state index contributed by atoms with van der Waals surface area (Å²) in [6.45, 7) is 0.755. The molecule has 0 amide bonds. The van der Waals surface area contributed by atoms with Gasteiger partial charge in [0, 0.05) is 24.4 Å². The Balaban J connectivity index is 1.85. The third-order valence-corrected chi connectivity index (χ3v) is 3.64. The summed E-state index contributed by atoms with van der Waals surface area (Å²) in [5, 5.41) is 0. The van der Waals surface area contributed by atoms with Crippen LogP contribution in [0.15, 0.2) is 0 Å². The zero-order valence-corrected chi connectivity index (χ0v) is 7.89. The molecule has 2 rings (SSSR count). The summed E-state index contributed by atoms with van der Waals surface area (Å²) in [6, 6.07) is 1.41. The van der Waals surface area contributed by atoms with Crippen molar-refractivity contribution in [1.82, 2.24) is 4.90 Å². The molecule has 2 fully saturated rings. The molecule has 2 bridgehead atoms. The molecule has 0 aromatic rings. The highest BCUT2D eigenvalue weighted by atomic mass is 32.2. The Hall–Kier alpha value is 0.0700. The second-order valence-corrected chi connectivity index (χ2v) is 4.72. The molecule has 2 aliphatic heterocycles. The minimum atomic E-state index is -1.86. The van der Waals surface area contributed by atoms with E-state index in [2.05, 4.69) is 4.90 Å². The molecule has 70 valence electrons. The van der Waals surface area contributed by atoms with Gasteiger partial charge in [-0.1, -0.05) is 11.1 Å². The Morgan fingerprint density at radius 3 is 2.17 bits per heavy atom. The van der Waals surface area contributed by atoms with E-state index < -0.39 is 11.1 Å². The summed E-state index contributed by atoms with van der Waals surface area (Å²) in [5.41, 5.74) is 0. The maximum Gasteiger partial charge on any atom is 0.0230 e. The molecule has 0 saturated carbocycles. The fourth-order valence-electron chi connectivity index (χ4n) is 2.56. The SMILES string of the molecule is O=S([O-])CCN1C2CCC1CC2. The minimum Gasteiger partial charge on any atom is -0.772 e. The van der Waals surface area contributed by atoms with Crippen LogP contribution in [0, 0.1) is 0 Å². The zero-order valence-electron chi connectivity index (χ0n) is 7.07. The van der Waals surface area contributed by atoms with Gasteiger partial charge in [0.15, 0.2) is 0 Å². The molecule has 0 radical (unpaired) electrons. The first-order valence-electron chi connectivity index (χ1n) is 4.59. The Kier molecular flexibility index (Phi) is 2.48. The Morgan fingerprint density at radius 2 is 1.75 bits per heavy atom. The van der Waals surface area contributed by atoms with Gasteiger partial charge in [-0.3, -0.25) is 9.11 Å². The minimum absolute atomic E-state index is 0.312. The molecule has 0 aromatic heterocycles. The van der Waals surface area contributed by atoms with E-state index in [1.165, 1.54) is 25.7 Å². The number of rotatable bonds is 3. The topological polar surface area (TPSA) is 43.4 Å². The summed E-state index contributed by atoms with van der Waals surface area (Å²) in [4.78, 5) is 2.38. The van der Waals surface area contributed by atoms with Gasteiger partial charge in [-0.15, -0.1) is 0 Å². The van der Waals surface area contributed by atoms with Crippen LogP contribution in [0.4, 0.5) is 0 Å². The smallest absolute Gasteiger partial charge is 0.0230 e. The van der Waals surface area contributed by atoms with Crippen LogP contribution in [-0.2, 0) is 11.1 Å². The van der Waals surface area contributed by atoms with Crippen molar-refractivity contribution >= 4 is 11.1 Å². The lowest BCUT2D eigenvalue weighted by atomic mass is 10.0. The quantitative estimate of drug-likeness (QED) is 0.605. The van der Waals surface area contributed by atoms with Crippen LogP contribution in [0.1, 0.15) is 25.7 Å². The van der Waals surface area contributed by atoms with Crippen molar-refractivity contribution < 1.29 is 8.76 Å². The van der Waals surface area contributed by atoms with E-state index >= 15 is 0 Å². The van der Waals surface area contributed by atoms with E-state index in [1.807, 2.05) is 0 Å². The highest BCUT2D eigenvalue weighted by Gasteiger charge is 2.38. The van der Waals surface area contributed by atoms with Gasteiger partial charge in [0.2, 0.25) is 0 Å². The third-order valence-electron chi connectivity index (χ3n) is 3.12. The first kappa shape index (κ1) is 8.66. The molecule has 2 heterocycles. The lowest BCUT2D eigenvalue weighted by Crippen LogP contribution is -2.32. The van der Waals surface area contributed by atoms with Crippen LogP contribution in [0.2, 0.25) is 0 Å². The first-order valence-corrected chi connectivity index (χ1v) is 5.83. The van der Waals surface area contributed by atoms with E-state index in [0.717, 1.165) is 6.54 Å². The molecule has 0 N–H and O–H groups in total. The molecular formula is C8H14NO2S-. The summed E-state index contributed by atoms with van der Waals surface area (Å²) >= 11 is -1.86. The summed E-state index contributed by atoms with van der Waals surface area (Å²) in [5.74, 6) is 0.312. The summed E-state index contributed by atoms with van der Waals surface area (Å²) < 4.78 is 20.7. The van der Waals surface area contributed by atoms with Crippen molar-refractivity contribution in [2.75, 3.05) is 12.3 Å². The maximum atomic E-state index is 10.4. The van der Waals surface area contributed by atoms with E-state index in [1.54, 1.807) is 0 Å². The molecule has 1 unspecified atom stereocenters. The van der Waals surface area contributed by atoms with Gasteiger partial charge in [-0.25, -0.2) is 0 Å². The predicted octanol–water partition coefficient (Wildman–Crippen LogP) is 0.492. The molecule has 4 heteroatoms. The number of fused-ring (bicyclic) bond motifs is 2. The van der Waals surface area contributed by atoms with E-state index in [4.69, 9.17) is 0 Å². The van der Waals surface area contributed by atoms with Gasteiger partial charge < -0.3 is 4.55 Å². The molecule has 0 spiro atoms. The number of nitrogens with zero attached hydrogens (tertiary/aromatic N) is 1. The van der Waals surface area contributed by atoms with E-state index in [9.17, 15) is 8.76 Å². The van der Waals surface area contributed by atoms with Crippen LogP contribution in [0.25, 0.3) is 0 Å². The second kappa shape index (κ2) is 3.44. The fraction of sp³-hybridized carbons (Fsp3) is 1.00. The molecule has 12 heavy (non-hydrogen) atoms. The van der Waals surface area contributed by atoms with Crippen molar-refractivity contribution in [1.29, 1.82) is 0 Å². The van der Waals surface area contributed by atoms with Gasteiger partial charge in [-0.05, 0) is 25.7 Å². The average Bonchev–Trinajstić information content (AvgIpc) is 2.59. The molecule has 2 saturated heterocycles. The third kappa shape index (κ3) is 1.56. The predicted molar refractivity (Wildman–Crippen MR) is 46.5 cm³/mol.